The van der Waals surface area contributed by atoms with Crippen molar-refractivity contribution in [2.75, 3.05) is 13.2 Å². The second-order valence-electron chi connectivity index (χ2n) is 9.28. The van der Waals surface area contributed by atoms with E-state index >= 15 is 0 Å². The molecule has 0 aromatic carbocycles. The lowest BCUT2D eigenvalue weighted by Crippen LogP contribution is -2.69. The highest BCUT2D eigenvalue weighted by Crippen LogP contribution is 2.70. The van der Waals surface area contributed by atoms with Crippen molar-refractivity contribution in [3.8, 4) is 0 Å². The highest BCUT2D eigenvalue weighted by molar-refractivity contribution is 6.02. The summed E-state index contributed by atoms with van der Waals surface area (Å²) in [5.74, 6) is 0.359. The van der Waals surface area contributed by atoms with E-state index in [2.05, 4.69) is 13.5 Å². The smallest absolute Gasteiger partial charge is 0.167 e. The van der Waals surface area contributed by atoms with E-state index in [-0.39, 0.29) is 47.6 Å². The number of aliphatic hydroxyl groups excluding tert-OH is 3. The average Bonchev–Trinajstić information content (AvgIpc) is 2.60. The molecule has 24 heavy (non-hydrogen) atoms. The first-order valence-corrected chi connectivity index (χ1v) is 9.49. The predicted molar refractivity (Wildman–Crippen MR) is 90.1 cm³/mol. The Kier molecular flexibility index (Phi) is 3.59. The van der Waals surface area contributed by atoms with Crippen LogP contribution in [-0.4, -0.2) is 40.4 Å². The molecule has 0 aliphatic heterocycles. The van der Waals surface area contributed by atoms with Crippen LogP contribution in [-0.2, 0) is 4.79 Å². The first kappa shape index (κ1) is 16.7. The second-order valence-corrected chi connectivity index (χ2v) is 9.28. The Morgan fingerprint density at radius 2 is 1.88 bits per heavy atom. The van der Waals surface area contributed by atoms with Gasteiger partial charge in [0.05, 0.1) is 11.5 Å². The van der Waals surface area contributed by atoms with E-state index in [1.54, 1.807) is 0 Å². The van der Waals surface area contributed by atoms with Crippen LogP contribution in [0.2, 0.25) is 0 Å². The maximum absolute atomic E-state index is 13.1. The summed E-state index contributed by atoms with van der Waals surface area (Å²) in [5, 5.41) is 31.7. The van der Waals surface area contributed by atoms with Gasteiger partial charge in [0, 0.05) is 18.6 Å². The Bertz CT molecular complexity index is 586. The monoisotopic (exact) mass is 334 g/mol. The van der Waals surface area contributed by atoms with Crippen LogP contribution in [0.3, 0.4) is 0 Å². The highest BCUT2D eigenvalue weighted by Gasteiger charge is 2.71. The molecule has 0 heterocycles. The minimum Gasteiger partial charge on any atom is -0.396 e. The maximum atomic E-state index is 13.1. The lowest BCUT2D eigenvalue weighted by molar-refractivity contribution is -0.233. The summed E-state index contributed by atoms with van der Waals surface area (Å²) in [6.07, 6.45) is 5.14. The summed E-state index contributed by atoms with van der Waals surface area (Å²) in [7, 11) is 0. The molecule has 1 spiro atoms. The number of fused-ring (bicyclic) bond motifs is 3. The molecule has 0 amide bonds. The van der Waals surface area contributed by atoms with Crippen molar-refractivity contribution >= 4 is 5.78 Å². The van der Waals surface area contributed by atoms with Crippen molar-refractivity contribution in [3.05, 3.63) is 12.2 Å². The van der Waals surface area contributed by atoms with E-state index < -0.39 is 11.5 Å². The lowest BCUT2D eigenvalue weighted by Gasteiger charge is -2.68. The molecular formula is C20H30O4. The molecular weight excluding hydrogens is 304 g/mol. The number of carbonyl (C=O) groups excluding carboxylic acids is 1. The van der Waals surface area contributed by atoms with E-state index in [9.17, 15) is 20.1 Å². The predicted octanol–water partition coefficient (Wildman–Crippen LogP) is 2.07. The summed E-state index contributed by atoms with van der Waals surface area (Å²) in [6.45, 7) is 6.26. The molecule has 0 radical (unpaired) electrons. The number of Topliss-reactive ketones (excluding diaryl/α,β-unsaturated/α-hetero) is 1. The second kappa shape index (κ2) is 5.15. The zero-order chi connectivity index (χ0) is 17.3. The highest BCUT2D eigenvalue weighted by atomic mass is 16.3. The molecule has 3 N–H and O–H groups in total. The van der Waals surface area contributed by atoms with E-state index in [1.807, 2.05) is 0 Å². The minimum absolute atomic E-state index is 0.0201. The molecule has 2 bridgehead atoms. The zero-order valence-corrected chi connectivity index (χ0v) is 14.6. The largest absolute Gasteiger partial charge is 0.396 e. The van der Waals surface area contributed by atoms with Gasteiger partial charge in [0.1, 0.15) is 0 Å². The number of hydrogen-bond acceptors (Lipinski definition) is 4. The SMILES string of the molecule is C=C1C(=O)[C@]23CC[C@H]1CC2[C@]1(CO)CCC[C@@](C)(CO)C1C[C@H]3O. The molecule has 134 valence electrons. The molecule has 0 saturated heterocycles. The van der Waals surface area contributed by atoms with Gasteiger partial charge in [0.2, 0.25) is 0 Å². The molecule has 5 aliphatic carbocycles. The van der Waals surface area contributed by atoms with Crippen LogP contribution in [0.5, 0.6) is 0 Å². The van der Waals surface area contributed by atoms with Gasteiger partial charge in [-0.05, 0) is 67.3 Å². The molecule has 4 nitrogen and oxygen atoms in total. The van der Waals surface area contributed by atoms with Crippen LogP contribution in [0.15, 0.2) is 12.2 Å². The fraction of sp³-hybridized carbons (Fsp3) is 0.850. The van der Waals surface area contributed by atoms with Gasteiger partial charge in [-0.3, -0.25) is 4.79 Å². The molecule has 5 fully saturated rings. The molecule has 5 rings (SSSR count). The fourth-order valence-electron chi connectivity index (χ4n) is 7.29. The van der Waals surface area contributed by atoms with Crippen molar-refractivity contribution in [2.45, 2.75) is 58.0 Å². The molecule has 0 aromatic rings. The van der Waals surface area contributed by atoms with Gasteiger partial charge in [-0.1, -0.05) is 19.9 Å². The topological polar surface area (TPSA) is 77.8 Å². The van der Waals surface area contributed by atoms with Crippen molar-refractivity contribution in [1.29, 1.82) is 0 Å². The van der Waals surface area contributed by atoms with Crippen molar-refractivity contribution in [2.24, 2.45) is 34.0 Å². The molecule has 2 unspecified atom stereocenters. The quantitative estimate of drug-likeness (QED) is 0.676. The van der Waals surface area contributed by atoms with Crippen molar-refractivity contribution in [3.63, 3.8) is 0 Å². The van der Waals surface area contributed by atoms with Crippen molar-refractivity contribution < 1.29 is 20.1 Å². The first-order valence-electron chi connectivity index (χ1n) is 9.49. The number of allylic oxidation sites excluding steroid dienone is 1. The number of hydrogen-bond donors (Lipinski definition) is 3. The van der Waals surface area contributed by atoms with Crippen molar-refractivity contribution in [1.82, 2.24) is 0 Å². The summed E-state index contributed by atoms with van der Waals surface area (Å²) in [6, 6.07) is 0. The number of aliphatic hydroxyl groups is 3. The van der Waals surface area contributed by atoms with Gasteiger partial charge in [0.15, 0.2) is 5.78 Å². The van der Waals surface area contributed by atoms with Gasteiger partial charge >= 0.3 is 0 Å². The Morgan fingerprint density at radius 1 is 1.12 bits per heavy atom. The number of ketones is 1. The molecule has 7 atom stereocenters. The first-order chi connectivity index (χ1) is 11.4. The molecule has 5 aliphatic rings. The minimum atomic E-state index is -0.737. The van der Waals surface area contributed by atoms with Gasteiger partial charge in [-0.2, -0.15) is 0 Å². The number of carbonyl (C=O) groups is 1. The van der Waals surface area contributed by atoms with E-state index in [0.29, 0.717) is 12.0 Å². The standard InChI is InChI=1S/C20H30O4/c1-12-13-4-7-20(17(12)24)15(8-13)19(11-22)6-3-5-18(2,10-21)14(19)9-16(20)23/h13-16,21-23H,1,3-11H2,2H3/t13-,14?,15?,16+,18-,19-,20+/m0/s1. The van der Waals surface area contributed by atoms with Crippen LogP contribution in [0.1, 0.15) is 51.9 Å². The van der Waals surface area contributed by atoms with Gasteiger partial charge in [0.25, 0.3) is 0 Å². The van der Waals surface area contributed by atoms with Crippen LogP contribution >= 0.6 is 0 Å². The Morgan fingerprint density at radius 3 is 2.54 bits per heavy atom. The Hall–Kier alpha value is -0.710. The summed E-state index contributed by atoms with van der Waals surface area (Å²) < 4.78 is 0. The third-order valence-electron chi connectivity index (χ3n) is 8.58. The van der Waals surface area contributed by atoms with Gasteiger partial charge in [-0.25, -0.2) is 0 Å². The van der Waals surface area contributed by atoms with Crippen LogP contribution in [0, 0.1) is 34.0 Å². The zero-order valence-electron chi connectivity index (χ0n) is 14.6. The summed E-state index contributed by atoms with van der Waals surface area (Å²) in [5.41, 5.74) is -0.660. The third-order valence-corrected chi connectivity index (χ3v) is 8.58. The van der Waals surface area contributed by atoms with Gasteiger partial charge in [-0.15, -0.1) is 0 Å². The van der Waals surface area contributed by atoms with E-state index in [1.165, 1.54) is 0 Å². The summed E-state index contributed by atoms with van der Waals surface area (Å²) >= 11 is 0. The normalized spacial score (nSPS) is 53.7. The third kappa shape index (κ3) is 1.72. The van der Waals surface area contributed by atoms with Crippen LogP contribution < -0.4 is 0 Å². The molecule has 5 saturated carbocycles. The van der Waals surface area contributed by atoms with Gasteiger partial charge < -0.3 is 15.3 Å². The van der Waals surface area contributed by atoms with Crippen LogP contribution in [0.25, 0.3) is 0 Å². The van der Waals surface area contributed by atoms with E-state index in [4.69, 9.17) is 0 Å². The molecule has 4 heteroatoms. The molecule has 0 aromatic heterocycles. The Labute approximate surface area is 144 Å². The lowest BCUT2D eigenvalue weighted by atomic mass is 9.35. The fourth-order valence-corrected chi connectivity index (χ4v) is 7.29. The number of rotatable bonds is 2. The maximum Gasteiger partial charge on any atom is 0.167 e. The Balaban J connectivity index is 1.86. The van der Waals surface area contributed by atoms with Crippen LogP contribution in [0.4, 0.5) is 0 Å². The van der Waals surface area contributed by atoms with E-state index in [0.717, 1.165) is 38.5 Å². The summed E-state index contributed by atoms with van der Waals surface area (Å²) in [4.78, 5) is 13.1. The average molecular weight is 334 g/mol.